The molecule has 1 aliphatic rings. The Morgan fingerprint density at radius 3 is 2.82 bits per heavy atom. The van der Waals surface area contributed by atoms with E-state index >= 15 is 0 Å². The molecular formula is C17H16FNO3. The molecule has 2 aromatic carbocycles. The van der Waals surface area contributed by atoms with Gasteiger partial charge in [0, 0.05) is 6.07 Å². The maximum absolute atomic E-state index is 13.4. The van der Waals surface area contributed by atoms with Crippen molar-refractivity contribution in [2.45, 2.75) is 26.0 Å². The monoisotopic (exact) mass is 301 g/mol. The molecule has 0 radical (unpaired) electrons. The van der Waals surface area contributed by atoms with Crippen molar-refractivity contribution >= 4 is 11.6 Å². The van der Waals surface area contributed by atoms with Crippen molar-refractivity contribution in [1.82, 2.24) is 0 Å². The zero-order chi connectivity index (χ0) is 15.7. The van der Waals surface area contributed by atoms with Crippen molar-refractivity contribution in [3.63, 3.8) is 0 Å². The summed E-state index contributed by atoms with van der Waals surface area (Å²) in [7, 11) is 0. The van der Waals surface area contributed by atoms with Crippen LogP contribution in [-0.4, -0.2) is 17.1 Å². The van der Waals surface area contributed by atoms with E-state index < -0.39 is 6.10 Å². The summed E-state index contributed by atoms with van der Waals surface area (Å²) in [5.41, 5.74) is 1.18. The minimum absolute atomic E-state index is 0.0503. The summed E-state index contributed by atoms with van der Waals surface area (Å²) in [6.07, 6.45) is -0.0238. The summed E-state index contributed by atoms with van der Waals surface area (Å²) in [5.74, 6) is 0.0567. The lowest BCUT2D eigenvalue weighted by molar-refractivity contribution is -0.126. The predicted molar refractivity (Wildman–Crippen MR) is 80.4 cm³/mol. The van der Waals surface area contributed by atoms with Gasteiger partial charge in [-0.1, -0.05) is 19.1 Å². The van der Waals surface area contributed by atoms with E-state index in [9.17, 15) is 14.3 Å². The highest BCUT2D eigenvalue weighted by atomic mass is 19.1. The average molecular weight is 301 g/mol. The molecule has 0 bridgehead atoms. The molecule has 1 aliphatic heterocycles. The fraction of sp³-hybridized carbons (Fsp3) is 0.235. The van der Waals surface area contributed by atoms with Crippen molar-refractivity contribution in [3.05, 3.63) is 53.8 Å². The smallest absolute Gasteiger partial charge is 0.268 e. The molecule has 0 spiro atoms. The van der Waals surface area contributed by atoms with Crippen LogP contribution in [-0.2, 0) is 11.3 Å². The van der Waals surface area contributed by atoms with Gasteiger partial charge in [0.2, 0.25) is 0 Å². The van der Waals surface area contributed by atoms with E-state index in [1.807, 2.05) is 6.92 Å². The van der Waals surface area contributed by atoms with Crippen molar-refractivity contribution in [3.8, 4) is 11.5 Å². The van der Waals surface area contributed by atoms with E-state index in [1.54, 1.807) is 18.2 Å². The summed E-state index contributed by atoms with van der Waals surface area (Å²) in [6, 6.07) is 10.8. The second-order valence-corrected chi connectivity index (χ2v) is 5.22. The van der Waals surface area contributed by atoms with Crippen LogP contribution in [0.4, 0.5) is 10.1 Å². The molecule has 4 nitrogen and oxygen atoms in total. The molecule has 0 fully saturated rings. The Labute approximate surface area is 127 Å². The number of carbonyl (C=O) groups excluding carboxylic acids is 1. The van der Waals surface area contributed by atoms with Gasteiger partial charge in [-0.05, 0) is 36.2 Å². The highest BCUT2D eigenvalue weighted by Gasteiger charge is 2.33. The quantitative estimate of drug-likeness (QED) is 0.947. The van der Waals surface area contributed by atoms with Gasteiger partial charge in [-0.3, -0.25) is 4.79 Å². The van der Waals surface area contributed by atoms with Gasteiger partial charge >= 0.3 is 0 Å². The molecule has 0 aliphatic carbocycles. The van der Waals surface area contributed by atoms with Gasteiger partial charge in [0.05, 0.1) is 12.2 Å². The van der Waals surface area contributed by atoms with Crippen LogP contribution in [0.15, 0.2) is 42.5 Å². The molecule has 1 heterocycles. The minimum Gasteiger partial charge on any atom is -0.508 e. The largest absolute Gasteiger partial charge is 0.508 e. The first-order valence-corrected chi connectivity index (χ1v) is 7.14. The Balaban J connectivity index is 2.00. The third kappa shape index (κ3) is 2.62. The van der Waals surface area contributed by atoms with E-state index in [1.165, 1.54) is 29.2 Å². The second-order valence-electron chi connectivity index (χ2n) is 5.22. The van der Waals surface area contributed by atoms with Crippen molar-refractivity contribution in [2.75, 3.05) is 4.90 Å². The van der Waals surface area contributed by atoms with Crippen LogP contribution in [0.25, 0.3) is 0 Å². The van der Waals surface area contributed by atoms with Gasteiger partial charge in [-0.25, -0.2) is 4.39 Å². The number of hydrogen-bond acceptors (Lipinski definition) is 3. The number of nitrogens with zero attached hydrogens (tertiary/aromatic N) is 1. The van der Waals surface area contributed by atoms with E-state index in [-0.39, 0.29) is 24.0 Å². The van der Waals surface area contributed by atoms with Crippen LogP contribution in [0.2, 0.25) is 0 Å². The lowest BCUT2D eigenvalue weighted by atomic mass is 10.1. The lowest BCUT2D eigenvalue weighted by Crippen LogP contribution is -2.45. The number of fused-ring (bicyclic) bond motifs is 1. The summed E-state index contributed by atoms with van der Waals surface area (Å²) in [5, 5.41) is 9.67. The maximum Gasteiger partial charge on any atom is 0.268 e. The Kier molecular flexibility index (Phi) is 3.71. The van der Waals surface area contributed by atoms with Crippen molar-refractivity contribution in [1.29, 1.82) is 0 Å². The van der Waals surface area contributed by atoms with Crippen molar-refractivity contribution < 1.29 is 19.0 Å². The van der Waals surface area contributed by atoms with Gasteiger partial charge in [0.1, 0.15) is 17.3 Å². The van der Waals surface area contributed by atoms with Gasteiger partial charge in [0.25, 0.3) is 5.91 Å². The molecule has 2 aromatic rings. The van der Waals surface area contributed by atoms with Crippen LogP contribution in [0.3, 0.4) is 0 Å². The molecule has 5 heteroatoms. The number of ether oxygens (including phenoxy) is 1. The molecule has 3 rings (SSSR count). The first kappa shape index (κ1) is 14.4. The average Bonchev–Trinajstić information content (AvgIpc) is 2.50. The van der Waals surface area contributed by atoms with E-state index in [0.717, 1.165) is 0 Å². The molecule has 22 heavy (non-hydrogen) atoms. The normalized spacial score (nSPS) is 17.1. The van der Waals surface area contributed by atoms with Gasteiger partial charge in [-0.15, -0.1) is 0 Å². The molecule has 114 valence electrons. The fourth-order valence-corrected chi connectivity index (χ4v) is 2.55. The number of rotatable bonds is 3. The van der Waals surface area contributed by atoms with Crippen LogP contribution < -0.4 is 9.64 Å². The molecule has 0 aromatic heterocycles. The minimum atomic E-state index is -0.564. The van der Waals surface area contributed by atoms with E-state index in [4.69, 9.17) is 4.74 Å². The topological polar surface area (TPSA) is 49.8 Å². The summed E-state index contributed by atoms with van der Waals surface area (Å²) in [4.78, 5) is 14.1. The molecule has 0 saturated heterocycles. The Morgan fingerprint density at radius 1 is 1.27 bits per heavy atom. The third-order valence-corrected chi connectivity index (χ3v) is 3.64. The summed E-state index contributed by atoms with van der Waals surface area (Å²) < 4.78 is 19.0. The fourth-order valence-electron chi connectivity index (χ4n) is 2.55. The SMILES string of the molecule is CC[C@@H]1Oc2ccc(O)cc2N(Cc2cccc(F)c2)C1=O. The van der Waals surface area contributed by atoms with Crippen LogP contribution in [0, 0.1) is 5.82 Å². The molecule has 1 N–H and O–H groups in total. The highest BCUT2D eigenvalue weighted by molar-refractivity contribution is 6.00. The second kappa shape index (κ2) is 5.67. The Bertz CT molecular complexity index is 717. The third-order valence-electron chi connectivity index (χ3n) is 3.64. The predicted octanol–water partition coefficient (Wildman–Crippen LogP) is 3.24. The Hall–Kier alpha value is -2.56. The first-order valence-electron chi connectivity index (χ1n) is 7.14. The number of amides is 1. The zero-order valence-electron chi connectivity index (χ0n) is 12.1. The number of halogens is 1. The lowest BCUT2D eigenvalue weighted by Gasteiger charge is -2.34. The van der Waals surface area contributed by atoms with Crippen molar-refractivity contribution in [2.24, 2.45) is 0 Å². The number of phenols is 1. The number of benzene rings is 2. The zero-order valence-corrected chi connectivity index (χ0v) is 12.1. The standard InChI is InChI=1S/C17H16FNO3/c1-2-15-17(21)19(10-11-4-3-5-12(18)8-11)14-9-13(20)6-7-16(14)22-15/h3-9,15,20H,2,10H2,1H3/t15-/m0/s1. The van der Waals surface area contributed by atoms with Crippen LogP contribution >= 0.6 is 0 Å². The van der Waals surface area contributed by atoms with Gasteiger partial charge in [-0.2, -0.15) is 0 Å². The molecule has 0 saturated carbocycles. The molecule has 0 unspecified atom stereocenters. The number of anilines is 1. The summed E-state index contributed by atoms with van der Waals surface area (Å²) in [6.45, 7) is 2.10. The van der Waals surface area contributed by atoms with E-state index in [2.05, 4.69) is 0 Å². The molecule has 1 amide bonds. The highest BCUT2D eigenvalue weighted by Crippen LogP contribution is 2.38. The maximum atomic E-state index is 13.4. The van der Waals surface area contributed by atoms with Gasteiger partial charge < -0.3 is 14.7 Å². The van der Waals surface area contributed by atoms with Crippen LogP contribution in [0.1, 0.15) is 18.9 Å². The number of carbonyl (C=O) groups is 1. The van der Waals surface area contributed by atoms with Gasteiger partial charge in [0.15, 0.2) is 6.10 Å². The number of phenolic OH excluding ortho intramolecular Hbond substituents is 1. The Morgan fingerprint density at radius 2 is 2.09 bits per heavy atom. The van der Waals surface area contributed by atoms with Crippen LogP contribution in [0.5, 0.6) is 11.5 Å². The van der Waals surface area contributed by atoms with E-state index in [0.29, 0.717) is 23.4 Å². The summed E-state index contributed by atoms with van der Waals surface area (Å²) >= 11 is 0. The number of hydrogen-bond donors (Lipinski definition) is 1. The first-order chi connectivity index (χ1) is 10.6. The molecular weight excluding hydrogens is 285 g/mol. The number of aromatic hydroxyl groups is 1. The molecule has 1 atom stereocenters.